The minimum atomic E-state index is -0.599. The third kappa shape index (κ3) is 1.80. The van der Waals surface area contributed by atoms with Gasteiger partial charge in [0.05, 0.1) is 6.54 Å². The molecule has 2 nitrogen and oxygen atoms in total. The predicted molar refractivity (Wildman–Crippen MR) is 54.6 cm³/mol. The van der Waals surface area contributed by atoms with Crippen molar-refractivity contribution in [2.75, 3.05) is 0 Å². The highest BCUT2D eigenvalue weighted by Gasteiger charge is 2.10. The highest BCUT2D eigenvalue weighted by atomic mass is 19.1. The fourth-order valence-electron chi connectivity index (χ4n) is 1.51. The van der Waals surface area contributed by atoms with Crippen molar-refractivity contribution in [1.29, 1.82) is 5.26 Å². The summed E-state index contributed by atoms with van der Waals surface area (Å²) in [6.07, 6.45) is 1.62. The van der Waals surface area contributed by atoms with Crippen LogP contribution in [0, 0.1) is 23.0 Å². The fraction of sp³-hybridized carbons (Fsp3) is 0.0833. The molecule has 0 aliphatic carbocycles. The summed E-state index contributed by atoms with van der Waals surface area (Å²) in [7, 11) is 0. The molecular formula is C12H8F2N2. The molecule has 4 heteroatoms. The fourth-order valence-corrected chi connectivity index (χ4v) is 1.51. The maximum atomic E-state index is 13.3. The zero-order valence-electron chi connectivity index (χ0n) is 8.32. The second-order valence-electron chi connectivity index (χ2n) is 3.33. The number of nitrogens with zero attached hydrogens (tertiary/aromatic N) is 2. The molecule has 1 aromatic heterocycles. The van der Waals surface area contributed by atoms with E-state index < -0.39 is 11.6 Å². The molecule has 0 unspecified atom stereocenters. The standard InChI is InChI=1S/C12H8F2N2/c13-11-4-1-5-12(14)10(11)8-16-6-2-3-9(16)7-15/h1-6H,8H2. The van der Waals surface area contributed by atoms with E-state index >= 15 is 0 Å². The van der Waals surface area contributed by atoms with Gasteiger partial charge in [0.15, 0.2) is 0 Å². The van der Waals surface area contributed by atoms with Crippen molar-refractivity contribution in [2.24, 2.45) is 0 Å². The van der Waals surface area contributed by atoms with Crippen LogP contribution in [-0.4, -0.2) is 4.57 Å². The molecule has 0 atom stereocenters. The maximum absolute atomic E-state index is 13.3. The predicted octanol–water partition coefficient (Wildman–Crippen LogP) is 2.69. The van der Waals surface area contributed by atoms with Crippen LogP contribution in [0.5, 0.6) is 0 Å². The summed E-state index contributed by atoms with van der Waals surface area (Å²) in [6, 6.07) is 8.93. The van der Waals surface area contributed by atoms with Crippen LogP contribution >= 0.6 is 0 Å². The van der Waals surface area contributed by atoms with E-state index in [0.717, 1.165) is 0 Å². The highest BCUT2D eigenvalue weighted by Crippen LogP contribution is 2.14. The van der Waals surface area contributed by atoms with Crippen LogP contribution in [0.15, 0.2) is 36.5 Å². The molecule has 80 valence electrons. The number of hydrogen-bond acceptors (Lipinski definition) is 1. The van der Waals surface area contributed by atoms with Gasteiger partial charge in [-0.1, -0.05) is 6.07 Å². The molecule has 2 aromatic rings. The van der Waals surface area contributed by atoms with Crippen molar-refractivity contribution in [3.8, 4) is 6.07 Å². The van der Waals surface area contributed by atoms with Gasteiger partial charge in [-0.3, -0.25) is 0 Å². The molecule has 1 aromatic carbocycles. The van der Waals surface area contributed by atoms with Crippen molar-refractivity contribution >= 4 is 0 Å². The quantitative estimate of drug-likeness (QED) is 0.761. The summed E-state index contributed by atoms with van der Waals surface area (Å²) in [5.41, 5.74) is 0.345. The van der Waals surface area contributed by atoms with Gasteiger partial charge in [0.2, 0.25) is 0 Å². The van der Waals surface area contributed by atoms with Crippen LogP contribution in [-0.2, 0) is 6.54 Å². The zero-order chi connectivity index (χ0) is 11.5. The Morgan fingerprint density at radius 1 is 1.12 bits per heavy atom. The summed E-state index contributed by atoms with van der Waals surface area (Å²) < 4.78 is 28.2. The molecular weight excluding hydrogens is 210 g/mol. The average Bonchev–Trinajstić information content (AvgIpc) is 2.71. The van der Waals surface area contributed by atoms with Crippen LogP contribution in [0.3, 0.4) is 0 Å². The minimum Gasteiger partial charge on any atom is -0.335 e. The maximum Gasteiger partial charge on any atom is 0.131 e. The van der Waals surface area contributed by atoms with Gasteiger partial charge in [0.1, 0.15) is 23.4 Å². The van der Waals surface area contributed by atoms with Crippen molar-refractivity contribution in [3.63, 3.8) is 0 Å². The first kappa shape index (κ1) is 10.4. The van der Waals surface area contributed by atoms with E-state index in [9.17, 15) is 8.78 Å². The van der Waals surface area contributed by atoms with Gasteiger partial charge >= 0.3 is 0 Å². The van der Waals surface area contributed by atoms with Gasteiger partial charge in [0.25, 0.3) is 0 Å². The third-order valence-corrected chi connectivity index (χ3v) is 2.33. The number of rotatable bonds is 2. The largest absolute Gasteiger partial charge is 0.335 e. The van der Waals surface area contributed by atoms with Gasteiger partial charge in [0, 0.05) is 11.8 Å². The molecule has 2 rings (SSSR count). The first-order valence-corrected chi connectivity index (χ1v) is 4.70. The number of hydrogen-bond donors (Lipinski definition) is 0. The molecule has 0 amide bonds. The Bertz CT molecular complexity index is 532. The lowest BCUT2D eigenvalue weighted by Crippen LogP contribution is -2.05. The van der Waals surface area contributed by atoms with E-state index in [4.69, 9.17) is 5.26 Å². The van der Waals surface area contributed by atoms with Gasteiger partial charge in [-0.05, 0) is 24.3 Å². The van der Waals surface area contributed by atoms with Crippen LogP contribution in [0.1, 0.15) is 11.3 Å². The van der Waals surface area contributed by atoms with E-state index in [0.29, 0.717) is 5.69 Å². The van der Waals surface area contributed by atoms with Gasteiger partial charge < -0.3 is 4.57 Å². The SMILES string of the molecule is N#Cc1cccn1Cc1c(F)cccc1F. The van der Waals surface area contributed by atoms with Gasteiger partial charge in [-0.15, -0.1) is 0 Å². The van der Waals surface area contributed by atoms with E-state index in [1.807, 2.05) is 6.07 Å². The molecule has 1 heterocycles. The smallest absolute Gasteiger partial charge is 0.131 e. The Balaban J connectivity index is 2.38. The molecule has 0 N–H and O–H groups in total. The average molecular weight is 218 g/mol. The van der Waals surface area contributed by atoms with Crippen molar-refractivity contribution < 1.29 is 8.78 Å². The summed E-state index contributed by atoms with van der Waals surface area (Å²) in [5, 5.41) is 8.77. The lowest BCUT2D eigenvalue weighted by Gasteiger charge is -2.07. The second-order valence-corrected chi connectivity index (χ2v) is 3.33. The number of aromatic nitrogens is 1. The van der Waals surface area contributed by atoms with E-state index in [1.165, 1.54) is 22.8 Å². The summed E-state index contributed by atoms with van der Waals surface area (Å²) in [6.45, 7) is 0.0222. The molecule has 0 saturated carbocycles. The number of nitriles is 1. The Morgan fingerprint density at radius 2 is 1.81 bits per heavy atom. The first-order valence-electron chi connectivity index (χ1n) is 4.70. The molecule has 0 bridgehead atoms. The third-order valence-electron chi connectivity index (χ3n) is 2.33. The second kappa shape index (κ2) is 4.15. The lowest BCUT2D eigenvalue weighted by molar-refractivity contribution is 0.544. The van der Waals surface area contributed by atoms with E-state index in [-0.39, 0.29) is 12.1 Å². The van der Waals surface area contributed by atoms with Crippen LogP contribution < -0.4 is 0 Å². The molecule has 0 aliphatic rings. The summed E-state index contributed by atoms with van der Waals surface area (Å²) in [4.78, 5) is 0. The summed E-state index contributed by atoms with van der Waals surface area (Å²) in [5.74, 6) is -1.20. The molecule has 0 spiro atoms. The van der Waals surface area contributed by atoms with E-state index in [1.54, 1.807) is 18.3 Å². The highest BCUT2D eigenvalue weighted by molar-refractivity contribution is 5.26. The number of benzene rings is 1. The lowest BCUT2D eigenvalue weighted by atomic mass is 10.2. The normalized spacial score (nSPS) is 10.1. The Labute approximate surface area is 91.4 Å². The minimum absolute atomic E-state index is 0.0222. The van der Waals surface area contributed by atoms with Crippen LogP contribution in [0.2, 0.25) is 0 Å². The Morgan fingerprint density at radius 3 is 2.44 bits per heavy atom. The first-order chi connectivity index (χ1) is 7.72. The van der Waals surface area contributed by atoms with Crippen LogP contribution in [0.25, 0.3) is 0 Å². The molecule has 0 fully saturated rings. The topological polar surface area (TPSA) is 28.7 Å². The van der Waals surface area contributed by atoms with Crippen LogP contribution in [0.4, 0.5) is 8.78 Å². The van der Waals surface area contributed by atoms with Crippen molar-refractivity contribution in [1.82, 2.24) is 4.57 Å². The number of halogens is 2. The van der Waals surface area contributed by atoms with E-state index in [2.05, 4.69) is 0 Å². The Hall–Kier alpha value is -2.15. The Kier molecular flexibility index (Phi) is 2.69. The monoisotopic (exact) mass is 218 g/mol. The van der Waals surface area contributed by atoms with Gasteiger partial charge in [-0.25, -0.2) is 8.78 Å². The van der Waals surface area contributed by atoms with Gasteiger partial charge in [-0.2, -0.15) is 5.26 Å². The van der Waals surface area contributed by atoms with Crippen molar-refractivity contribution in [2.45, 2.75) is 6.54 Å². The zero-order valence-corrected chi connectivity index (χ0v) is 8.32. The summed E-state index contributed by atoms with van der Waals surface area (Å²) >= 11 is 0. The van der Waals surface area contributed by atoms with Crippen molar-refractivity contribution in [3.05, 3.63) is 59.4 Å². The molecule has 0 saturated heterocycles. The molecule has 16 heavy (non-hydrogen) atoms. The molecule has 0 radical (unpaired) electrons. The molecule has 0 aliphatic heterocycles.